The van der Waals surface area contributed by atoms with Crippen molar-refractivity contribution < 1.29 is 19.6 Å². The Morgan fingerprint density at radius 2 is 2.21 bits per heavy atom. The van der Waals surface area contributed by atoms with Gasteiger partial charge in [0.25, 0.3) is 5.69 Å². The smallest absolute Gasteiger partial charge is 0.337 e. The summed E-state index contributed by atoms with van der Waals surface area (Å²) >= 11 is 0. The van der Waals surface area contributed by atoms with Crippen molar-refractivity contribution in [3.63, 3.8) is 0 Å². The summed E-state index contributed by atoms with van der Waals surface area (Å²) < 4.78 is 4.58. The number of hydrogen-bond acceptors (Lipinski definition) is 6. The maximum atomic E-state index is 11.4. The molecular formula is C12H16N2O5. The fourth-order valence-electron chi connectivity index (χ4n) is 1.72. The molecule has 1 unspecified atom stereocenters. The number of aliphatic hydroxyl groups is 1. The summed E-state index contributed by atoms with van der Waals surface area (Å²) in [5, 5.41) is 20.3. The summed E-state index contributed by atoms with van der Waals surface area (Å²) in [5.74, 6) is -0.568. The van der Waals surface area contributed by atoms with Crippen LogP contribution in [0.2, 0.25) is 0 Å². The normalized spacial score (nSPS) is 11.8. The molecule has 0 amide bonds. The lowest BCUT2D eigenvalue weighted by atomic mass is 10.1. The topological polar surface area (TPSA) is 92.9 Å². The standard InChI is InChI=1S/C12H16N2O5/c1-8(15)7-13(2)11-6-9(12(16)19-3)4-5-10(11)14(17)18/h4-6,8,15H,7H2,1-3H3. The van der Waals surface area contributed by atoms with Crippen molar-refractivity contribution in [2.75, 3.05) is 25.6 Å². The van der Waals surface area contributed by atoms with Crippen molar-refractivity contribution in [1.29, 1.82) is 0 Å². The summed E-state index contributed by atoms with van der Waals surface area (Å²) in [6.07, 6.45) is -0.647. The number of nitro groups is 1. The van der Waals surface area contributed by atoms with Crippen LogP contribution in [0.5, 0.6) is 0 Å². The van der Waals surface area contributed by atoms with Gasteiger partial charge < -0.3 is 14.7 Å². The highest BCUT2D eigenvalue weighted by molar-refractivity contribution is 5.91. The highest BCUT2D eigenvalue weighted by atomic mass is 16.6. The van der Waals surface area contributed by atoms with Gasteiger partial charge in [0.05, 0.1) is 23.7 Å². The molecule has 19 heavy (non-hydrogen) atoms. The van der Waals surface area contributed by atoms with Gasteiger partial charge >= 0.3 is 5.97 Å². The van der Waals surface area contributed by atoms with Crippen molar-refractivity contribution in [3.8, 4) is 0 Å². The number of methoxy groups -OCH3 is 1. The molecule has 0 aliphatic rings. The van der Waals surface area contributed by atoms with Crippen molar-refractivity contribution in [3.05, 3.63) is 33.9 Å². The van der Waals surface area contributed by atoms with E-state index in [-0.39, 0.29) is 23.5 Å². The lowest BCUT2D eigenvalue weighted by Gasteiger charge is -2.21. The van der Waals surface area contributed by atoms with E-state index in [0.29, 0.717) is 0 Å². The van der Waals surface area contributed by atoms with E-state index in [9.17, 15) is 20.0 Å². The fraction of sp³-hybridized carbons (Fsp3) is 0.417. The van der Waals surface area contributed by atoms with Crippen LogP contribution in [0.4, 0.5) is 11.4 Å². The summed E-state index contributed by atoms with van der Waals surface area (Å²) in [6.45, 7) is 1.79. The Morgan fingerprint density at radius 3 is 2.68 bits per heavy atom. The predicted molar refractivity (Wildman–Crippen MR) is 69.4 cm³/mol. The van der Waals surface area contributed by atoms with E-state index in [1.165, 1.54) is 30.2 Å². The van der Waals surface area contributed by atoms with Crippen LogP contribution in [0, 0.1) is 10.1 Å². The van der Waals surface area contributed by atoms with Gasteiger partial charge in [-0.2, -0.15) is 0 Å². The first-order valence-corrected chi connectivity index (χ1v) is 5.62. The zero-order valence-corrected chi connectivity index (χ0v) is 11.0. The van der Waals surface area contributed by atoms with Gasteiger partial charge in [0.15, 0.2) is 0 Å². The third-order valence-electron chi connectivity index (χ3n) is 2.54. The molecule has 1 aromatic carbocycles. The number of aliphatic hydroxyl groups excluding tert-OH is 1. The first kappa shape index (κ1) is 14.9. The van der Waals surface area contributed by atoms with Crippen molar-refractivity contribution in [1.82, 2.24) is 0 Å². The monoisotopic (exact) mass is 268 g/mol. The molecule has 1 atom stereocenters. The number of nitrogens with zero attached hydrogens (tertiary/aromatic N) is 2. The van der Waals surface area contributed by atoms with Gasteiger partial charge in [0, 0.05) is 19.7 Å². The molecule has 0 heterocycles. The first-order chi connectivity index (χ1) is 8.86. The van der Waals surface area contributed by atoms with E-state index in [2.05, 4.69) is 4.74 Å². The van der Waals surface area contributed by atoms with E-state index in [1.807, 2.05) is 0 Å². The molecule has 104 valence electrons. The number of likely N-dealkylation sites (N-methyl/N-ethyl adjacent to an activating group) is 1. The second-order valence-corrected chi connectivity index (χ2v) is 4.18. The third kappa shape index (κ3) is 3.65. The maximum Gasteiger partial charge on any atom is 0.337 e. The van der Waals surface area contributed by atoms with Crippen LogP contribution in [0.3, 0.4) is 0 Å². The molecule has 1 aromatic rings. The van der Waals surface area contributed by atoms with E-state index in [1.54, 1.807) is 14.0 Å². The van der Waals surface area contributed by atoms with Crippen LogP contribution in [0.25, 0.3) is 0 Å². The number of esters is 1. The molecule has 0 fully saturated rings. The Morgan fingerprint density at radius 1 is 1.58 bits per heavy atom. The minimum absolute atomic E-state index is 0.129. The second-order valence-electron chi connectivity index (χ2n) is 4.18. The van der Waals surface area contributed by atoms with Gasteiger partial charge in [0.1, 0.15) is 5.69 Å². The highest BCUT2D eigenvalue weighted by Crippen LogP contribution is 2.28. The highest BCUT2D eigenvalue weighted by Gasteiger charge is 2.20. The maximum absolute atomic E-state index is 11.4. The molecule has 0 spiro atoms. The Balaban J connectivity index is 3.22. The molecule has 1 N–H and O–H groups in total. The van der Waals surface area contributed by atoms with Crippen LogP contribution in [0.1, 0.15) is 17.3 Å². The average molecular weight is 268 g/mol. The van der Waals surface area contributed by atoms with Crippen LogP contribution in [-0.2, 0) is 4.74 Å². The van der Waals surface area contributed by atoms with Crippen LogP contribution in [-0.4, -0.2) is 42.8 Å². The quantitative estimate of drug-likeness (QED) is 0.490. The van der Waals surface area contributed by atoms with Crippen molar-refractivity contribution >= 4 is 17.3 Å². The van der Waals surface area contributed by atoms with Crippen molar-refractivity contribution in [2.45, 2.75) is 13.0 Å². The van der Waals surface area contributed by atoms with E-state index >= 15 is 0 Å². The van der Waals surface area contributed by atoms with Crippen LogP contribution in [0.15, 0.2) is 18.2 Å². The van der Waals surface area contributed by atoms with Gasteiger partial charge in [0.2, 0.25) is 0 Å². The number of hydrogen-bond donors (Lipinski definition) is 1. The average Bonchev–Trinajstić information content (AvgIpc) is 2.36. The summed E-state index contributed by atoms with van der Waals surface area (Å²) in [4.78, 5) is 23.4. The molecule has 0 radical (unpaired) electrons. The zero-order valence-electron chi connectivity index (χ0n) is 11.0. The summed E-state index contributed by atoms with van der Waals surface area (Å²) in [6, 6.07) is 3.97. The molecule has 7 nitrogen and oxygen atoms in total. The molecule has 0 saturated heterocycles. The Hall–Kier alpha value is -2.15. The molecule has 0 aromatic heterocycles. The van der Waals surface area contributed by atoms with Gasteiger partial charge in [-0.1, -0.05) is 0 Å². The lowest BCUT2D eigenvalue weighted by Crippen LogP contribution is -2.27. The van der Waals surface area contributed by atoms with Gasteiger partial charge in [-0.15, -0.1) is 0 Å². The molecule has 0 saturated carbocycles. The number of carbonyl (C=O) groups excluding carboxylic acids is 1. The van der Waals surface area contributed by atoms with Crippen molar-refractivity contribution in [2.24, 2.45) is 0 Å². The van der Waals surface area contributed by atoms with Gasteiger partial charge in [-0.25, -0.2) is 4.79 Å². The van der Waals surface area contributed by atoms with E-state index < -0.39 is 17.0 Å². The molecular weight excluding hydrogens is 252 g/mol. The molecule has 0 bridgehead atoms. The predicted octanol–water partition coefficient (Wildman–Crippen LogP) is 1.20. The summed E-state index contributed by atoms with van der Waals surface area (Å²) in [5.41, 5.74) is 0.352. The fourth-order valence-corrected chi connectivity index (χ4v) is 1.72. The number of anilines is 1. The largest absolute Gasteiger partial charge is 0.465 e. The Kier molecular flexibility index (Phi) is 4.82. The Bertz CT molecular complexity index is 487. The number of benzene rings is 1. The number of carbonyl (C=O) groups is 1. The number of ether oxygens (including phenoxy) is 1. The molecule has 0 aliphatic heterocycles. The second kappa shape index (κ2) is 6.14. The molecule has 0 aliphatic carbocycles. The van der Waals surface area contributed by atoms with E-state index in [4.69, 9.17) is 0 Å². The van der Waals surface area contributed by atoms with E-state index in [0.717, 1.165) is 0 Å². The first-order valence-electron chi connectivity index (χ1n) is 5.62. The minimum Gasteiger partial charge on any atom is -0.465 e. The zero-order chi connectivity index (χ0) is 14.6. The lowest BCUT2D eigenvalue weighted by molar-refractivity contribution is -0.384. The van der Waals surface area contributed by atoms with Crippen LogP contribution < -0.4 is 4.90 Å². The van der Waals surface area contributed by atoms with Gasteiger partial charge in [-0.05, 0) is 19.1 Å². The number of rotatable bonds is 5. The Labute approximate surface area is 110 Å². The minimum atomic E-state index is -0.647. The number of nitro benzene ring substituents is 1. The third-order valence-corrected chi connectivity index (χ3v) is 2.54. The molecule has 1 rings (SSSR count). The summed E-state index contributed by atoms with van der Waals surface area (Å²) in [7, 11) is 2.85. The van der Waals surface area contributed by atoms with Crippen LogP contribution >= 0.6 is 0 Å². The molecule has 7 heteroatoms. The SMILES string of the molecule is COC(=O)c1ccc([N+](=O)[O-])c(N(C)CC(C)O)c1. The van der Waals surface area contributed by atoms with Gasteiger partial charge in [-0.3, -0.25) is 10.1 Å².